The minimum atomic E-state index is -0.452. The van der Waals surface area contributed by atoms with Crippen LogP contribution in [-0.4, -0.2) is 39.2 Å². The van der Waals surface area contributed by atoms with Gasteiger partial charge in [-0.05, 0) is 37.7 Å². The van der Waals surface area contributed by atoms with E-state index in [9.17, 15) is 5.11 Å². The Morgan fingerprint density at radius 3 is 2.63 bits per heavy atom. The molecule has 0 bridgehead atoms. The van der Waals surface area contributed by atoms with Gasteiger partial charge in [-0.3, -0.25) is 0 Å². The van der Waals surface area contributed by atoms with Crippen LogP contribution >= 0.6 is 0 Å². The molecule has 0 fully saturated rings. The molecule has 0 aliphatic carbocycles. The van der Waals surface area contributed by atoms with Gasteiger partial charge in [0.15, 0.2) is 0 Å². The predicted molar refractivity (Wildman–Crippen MR) is 78.2 cm³/mol. The van der Waals surface area contributed by atoms with Crippen LogP contribution in [0, 0.1) is 6.92 Å². The third-order valence-corrected chi connectivity index (χ3v) is 3.84. The quantitative estimate of drug-likeness (QED) is 0.897. The molecule has 19 heavy (non-hydrogen) atoms. The average molecular weight is 261 g/mol. The number of imidazole rings is 1. The average Bonchev–Trinajstić information content (AvgIpc) is 2.70. The molecule has 1 aromatic carbocycles. The van der Waals surface area contributed by atoms with Crippen molar-refractivity contribution in [2.24, 2.45) is 7.05 Å². The van der Waals surface area contributed by atoms with Gasteiger partial charge in [-0.15, -0.1) is 0 Å². The molecular weight excluding hydrogens is 238 g/mol. The lowest BCUT2D eigenvalue weighted by Gasteiger charge is -2.22. The van der Waals surface area contributed by atoms with Crippen LogP contribution in [0.5, 0.6) is 0 Å². The number of hydrogen-bond donors (Lipinski definition) is 1. The predicted octanol–water partition coefficient (Wildman–Crippen LogP) is 2.26. The first-order chi connectivity index (χ1) is 9.06. The summed E-state index contributed by atoms with van der Waals surface area (Å²) in [6, 6.07) is 6.03. The lowest BCUT2D eigenvalue weighted by Crippen LogP contribution is -2.28. The van der Waals surface area contributed by atoms with Gasteiger partial charge in [-0.1, -0.05) is 19.9 Å². The molecule has 4 heteroatoms. The minimum Gasteiger partial charge on any atom is -0.387 e. The maximum atomic E-state index is 10.3. The summed E-state index contributed by atoms with van der Waals surface area (Å²) in [5, 5.41) is 10.3. The van der Waals surface area contributed by atoms with E-state index in [2.05, 4.69) is 28.3 Å². The van der Waals surface area contributed by atoms with Crippen LogP contribution in [0.3, 0.4) is 0 Å². The molecule has 1 N–H and O–H groups in total. The number of aliphatic hydroxyl groups is 1. The zero-order chi connectivity index (χ0) is 14.0. The fourth-order valence-corrected chi connectivity index (χ4v) is 2.38. The summed E-state index contributed by atoms with van der Waals surface area (Å²) in [6.45, 7) is 8.80. The summed E-state index contributed by atoms with van der Waals surface area (Å²) in [5.74, 6) is 0.991. The molecule has 0 saturated carbocycles. The molecule has 0 radical (unpaired) electrons. The number of hydrogen-bond acceptors (Lipinski definition) is 3. The molecule has 1 heterocycles. The van der Waals surface area contributed by atoms with Gasteiger partial charge in [0.1, 0.15) is 5.82 Å². The van der Waals surface area contributed by atoms with Crippen molar-refractivity contribution in [3.63, 3.8) is 0 Å². The van der Waals surface area contributed by atoms with Gasteiger partial charge in [0, 0.05) is 13.6 Å². The molecule has 0 amide bonds. The highest BCUT2D eigenvalue weighted by molar-refractivity contribution is 5.76. The summed E-state index contributed by atoms with van der Waals surface area (Å²) in [6.07, 6.45) is -0.452. The molecule has 1 atom stereocenters. The molecule has 0 aliphatic rings. The van der Waals surface area contributed by atoms with E-state index in [0.717, 1.165) is 35.5 Å². The van der Waals surface area contributed by atoms with E-state index in [1.165, 1.54) is 0 Å². The lowest BCUT2D eigenvalue weighted by molar-refractivity contribution is 0.119. The molecule has 0 aliphatic heterocycles. The standard InChI is InChI=1S/C15H23N3O/c1-5-18(6-2)10-15(19)12-7-8-14-13(9-12)16-11(3)17(14)4/h7-9,15,19H,5-6,10H2,1-4H3. The smallest absolute Gasteiger partial charge is 0.106 e. The fourth-order valence-electron chi connectivity index (χ4n) is 2.38. The molecule has 1 unspecified atom stereocenters. The van der Waals surface area contributed by atoms with Gasteiger partial charge in [0.05, 0.1) is 17.1 Å². The molecule has 2 rings (SSSR count). The van der Waals surface area contributed by atoms with E-state index >= 15 is 0 Å². The van der Waals surface area contributed by atoms with Crippen molar-refractivity contribution in [1.29, 1.82) is 0 Å². The number of benzene rings is 1. The normalized spacial score (nSPS) is 13.4. The van der Waals surface area contributed by atoms with Crippen LogP contribution < -0.4 is 0 Å². The van der Waals surface area contributed by atoms with E-state index in [1.54, 1.807) is 0 Å². The van der Waals surface area contributed by atoms with Crippen molar-refractivity contribution in [2.45, 2.75) is 26.9 Å². The number of aromatic nitrogens is 2. The second kappa shape index (κ2) is 5.72. The van der Waals surface area contributed by atoms with E-state index in [0.29, 0.717) is 6.54 Å². The number of rotatable bonds is 5. The van der Waals surface area contributed by atoms with Gasteiger partial charge < -0.3 is 14.6 Å². The topological polar surface area (TPSA) is 41.3 Å². The Morgan fingerprint density at radius 2 is 2.00 bits per heavy atom. The van der Waals surface area contributed by atoms with Crippen molar-refractivity contribution < 1.29 is 5.11 Å². The molecule has 0 spiro atoms. The highest BCUT2D eigenvalue weighted by atomic mass is 16.3. The second-order valence-corrected chi connectivity index (χ2v) is 4.97. The highest BCUT2D eigenvalue weighted by Crippen LogP contribution is 2.21. The van der Waals surface area contributed by atoms with Crippen molar-refractivity contribution in [1.82, 2.24) is 14.5 Å². The van der Waals surface area contributed by atoms with Crippen LogP contribution in [0.15, 0.2) is 18.2 Å². The van der Waals surface area contributed by atoms with Crippen LogP contribution in [0.25, 0.3) is 11.0 Å². The maximum absolute atomic E-state index is 10.3. The summed E-state index contributed by atoms with van der Waals surface area (Å²) < 4.78 is 2.07. The summed E-state index contributed by atoms with van der Waals surface area (Å²) in [7, 11) is 2.01. The first kappa shape index (κ1) is 14.0. The summed E-state index contributed by atoms with van der Waals surface area (Å²) in [4.78, 5) is 6.73. The summed E-state index contributed by atoms with van der Waals surface area (Å²) >= 11 is 0. The Hall–Kier alpha value is -1.39. The van der Waals surface area contributed by atoms with Gasteiger partial charge in [-0.2, -0.15) is 0 Å². The van der Waals surface area contributed by atoms with Crippen LogP contribution in [-0.2, 0) is 7.05 Å². The molecule has 4 nitrogen and oxygen atoms in total. The van der Waals surface area contributed by atoms with Crippen LogP contribution in [0.1, 0.15) is 31.3 Å². The van der Waals surface area contributed by atoms with Gasteiger partial charge >= 0.3 is 0 Å². The first-order valence-electron chi connectivity index (χ1n) is 6.90. The number of aryl methyl sites for hydroxylation is 2. The Morgan fingerprint density at radius 1 is 1.32 bits per heavy atom. The van der Waals surface area contributed by atoms with E-state index in [1.807, 2.05) is 32.2 Å². The monoisotopic (exact) mass is 261 g/mol. The Bertz CT molecular complexity index is 558. The van der Waals surface area contributed by atoms with Crippen LogP contribution in [0.2, 0.25) is 0 Å². The summed E-state index contributed by atoms with van der Waals surface area (Å²) in [5.41, 5.74) is 3.00. The van der Waals surface area contributed by atoms with Crippen molar-refractivity contribution >= 4 is 11.0 Å². The Labute approximate surface area is 114 Å². The molecule has 0 saturated heterocycles. The molecule has 104 valence electrons. The number of aliphatic hydroxyl groups excluding tert-OH is 1. The number of fused-ring (bicyclic) bond motifs is 1. The van der Waals surface area contributed by atoms with Crippen molar-refractivity contribution in [3.8, 4) is 0 Å². The first-order valence-corrected chi connectivity index (χ1v) is 6.90. The zero-order valence-corrected chi connectivity index (χ0v) is 12.2. The Balaban J connectivity index is 2.25. The number of nitrogens with zero attached hydrogens (tertiary/aromatic N) is 3. The molecule has 2 aromatic rings. The lowest BCUT2D eigenvalue weighted by atomic mass is 10.1. The number of likely N-dealkylation sites (N-methyl/N-ethyl adjacent to an activating group) is 1. The van der Waals surface area contributed by atoms with Gasteiger partial charge in [-0.25, -0.2) is 4.98 Å². The third-order valence-electron chi connectivity index (χ3n) is 3.84. The van der Waals surface area contributed by atoms with E-state index in [-0.39, 0.29) is 0 Å². The fraction of sp³-hybridized carbons (Fsp3) is 0.533. The van der Waals surface area contributed by atoms with Gasteiger partial charge in [0.25, 0.3) is 0 Å². The SMILES string of the molecule is CCN(CC)CC(O)c1ccc2c(c1)nc(C)n2C. The van der Waals surface area contributed by atoms with Crippen molar-refractivity contribution in [2.75, 3.05) is 19.6 Å². The van der Waals surface area contributed by atoms with Crippen molar-refractivity contribution in [3.05, 3.63) is 29.6 Å². The molecular formula is C15H23N3O. The highest BCUT2D eigenvalue weighted by Gasteiger charge is 2.13. The molecule has 1 aromatic heterocycles. The van der Waals surface area contributed by atoms with E-state index < -0.39 is 6.10 Å². The zero-order valence-electron chi connectivity index (χ0n) is 12.2. The van der Waals surface area contributed by atoms with Crippen LogP contribution in [0.4, 0.5) is 0 Å². The Kier molecular flexibility index (Phi) is 4.22. The maximum Gasteiger partial charge on any atom is 0.106 e. The largest absolute Gasteiger partial charge is 0.387 e. The van der Waals surface area contributed by atoms with Gasteiger partial charge in [0.2, 0.25) is 0 Å². The minimum absolute atomic E-state index is 0.452. The third kappa shape index (κ3) is 2.80. The van der Waals surface area contributed by atoms with E-state index in [4.69, 9.17) is 0 Å². The second-order valence-electron chi connectivity index (χ2n) is 4.97.